The van der Waals surface area contributed by atoms with Crippen molar-refractivity contribution in [3.8, 4) is 0 Å². The van der Waals surface area contributed by atoms with Crippen molar-refractivity contribution in [2.75, 3.05) is 6.61 Å². The van der Waals surface area contributed by atoms with Gasteiger partial charge in [-0.15, -0.1) is 0 Å². The summed E-state index contributed by atoms with van der Waals surface area (Å²) < 4.78 is 17.0. The monoisotopic (exact) mass is 242 g/mol. The van der Waals surface area contributed by atoms with Crippen molar-refractivity contribution in [3.63, 3.8) is 0 Å². The Labute approximate surface area is 97.0 Å². The molecule has 90 valence electrons. The van der Waals surface area contributed by atoms with Crippen molar-refractivity contribution in [2.24, 2.45) is 0 Å². The molecule has 0 radical (unpaired) electrons. The van der Waals surface area contributed by atoms with Crippen LogP contribution in [0, 0.1) is 6.92 Å². The summed E-state index contributed by atoms with van der Waals surface area (Å²) in [5.41, 5.74) is 1.95. The maximum atomic E-state index is 12.1. The van der Waals surface area contributed by atoms with E-state index in [0.717, 1.165) is 11.1 Å². The van der Waals surface area contributed by atoms with Crippen LogP contribution in [0.1, 0.15) is 31.9 Å². The first-order valence-corrected chi connectivity index (χ1v) is 6.93. The maximum Gasteiger partial charge on any atom is 0.337 e. The molecule has 0 aliphatic carbocycles. The second kappa shape index (κ2) is 4.70. The zero-order valence-corrected chi connectivity index (χ0v) is 11.1. The van der Waals surface area contributed by atoms with E-state index in [4.69, 9.17) is 4.52 Å². The molecule has 0 saturated heterocycles. The summed E-state index contributed by atoms with van der Waals surface area (Å²) >= 11 is 0. The zero-order chi connectivity index (χ0) is 12.4. The van der Waals surface area contributed by atoms with E-state index < -0.39 is 12.8 Å². The number of aryl methyl sites for hydroxylation is 1. The van der Waals surface area contributed by atoms with E-state index >= 15 is 0 Å². The molecule has 1 unspecified atom stereocenters. The van der Waals surface area contributed by atoms with Gasteiger partial charge in [0.2, 0.25) is 0 Å². The molecule has 0 bridgehead atoms. The third kappa shape index (κ3) is 2.54. The van der Waals surface area contributed by atoms with Crippen LogP contribution in [0.2, 0.25) is 0 Å². The standard InChI is InChI=1S/C12H19O3P/c1-5-15-16(13,14)12(3,4)11-8-6-10(2)7-9-11/h6-9H,5H2,1-4H3,(H,13,14). The minimum atomic E-state index is -3.63. The lowest BCUT2D eigenvalue weighted by atomic mass is 10.0. The molecular formula is C12H19O3P. The number of hydrogen-bond donors (Lipinski definition) is 1. The SMILES string of the molecule is CCOP(=O)(O)C(C)(C)c1ccc(C)cc1. The van der Waals surface area contributed by atoms with Crippen molar-refractivity contribution in [1.82, 2.24) is 0 Å². The molecule has 3 nitrogen and oxygen atoms in total. The largest absolute Gasteiger partial charge is 0.337 e. The van der Waals surface area contributed by atoms with Gasteiger partial charge in [-0.2, -0.15) is 0 Å². The number of rotatable bonds is 4. The Balaban J connectivity index is 3.10. The molecule has 0 spiro atoms. The Kier molecular flexibility index (Phi) is 3.95. The van der Waals surface area contributed by atoms with Gasteiger partial charge < -0.3 is 9.42 Å². The van der Waals surface area contributed by atoms with Gasteiger partial charge in [-0.25, -0.2) is 0 Å². The Bertz CT molecular complexity index is 395. The highest BCUT2D eigenvalue weighted by Gasteiger charge is 2.41. The van der Waals surface area contributed by atoms with Gasteiger partial charge in [0.05, 0.1) is 11.8 Å². The molecule has 0 aliphatic heterocycles. The lowest BCUT2D eigenvalue weighted by molar-refractivity contribution is 0.251. The highest BCUT2D eigenvalue weighted by atomic mass is 31.2. The summed E-state index contributed by atoms with van der Waals surface area (Å²) in [4.78, 5) is 9.90. The average molecular weight is 242 g/mol. The van der Waals surface area contributed by atoms with Crippen LogP contribution in [0.25, 0.3) is 0 Å². The third-order valence-electron chi connectivity index (χ3n) is 2.77. The van der Waals surface area contributed by atoms with E-state index in [1.165, 1.54) is 0 Å². The third-order valence-corrected chi connectivity index (χ3v) is 5.05. The number of benzene rings is 1. The lowest BCUT2D eigenvalue weighted by Gasteiger charge is -2.29. The van der Waals surface area contributed by atoms with Crippen LogP contribution in [0.15, 0.2) is 24.3 Å². The highest BCUT2D eigenvalue weighted by Crippen LogP contribution is 2.60. The summed E-state index contributed by atoms with van der Waals surface area (Å²) in [6.07, 6.45) is 0. The first-order chi connectivity index (χ1) is 7.31. The maximum absolute atomic E-state index is 12.1. The van der Waals surface area contributed by atoms with Gasteiger partial charge in [-0.05, 0) is 33.3 Å². The molecule has 1 aromatic carbocycles. The molecule has 1 rings (SSSR count). The van der Waals surface area contributed by atoms with Gasteiger partial charge in [0.15, 0.2) is 0 Å². The Hall–Kier alpha value is -0.630. The van der Waals surface area contributed by atoms with Crippen LogP contribution in [-0.4, -0.2) is 11.5 Å². The van der Waals surface area contributed by atoms with Crippen molar-refractivity contribution in [1.29, 1.82) is 0 Å². The molecule has 0 amide bonds. The van der Waals surface area contributed by atoms with Crippen molar-refractivity contribution in [2.45, 2.75) is 32.9 Å². The quantitative estimate of drug-likeness (QED) is 0.822. The highest BCUT2D eigenvalue weighted by molar-refractivity contribution is 7.54. The molecule has 0 aliphatic rings. The van der Waals surface area contributed by atoms with Gasteiger partial charge in [-0.3, -0.25) is 4.57 Å². The minimum absolute atomic E-state index is 0.239. The fourth-order valence-electron chi connectivity index (χ4n) is 1.46. The van der Waals surface area contributed by atoms with E-state index in [1.807, 2.05) is 31.2 Å². The van der Waals surface area contributed by atoms with Crippen LogP contribution in [0.5, 0.6) is 0 Å². The molecule has 1 aromatic rings. The van der Waals surface area contributed by atoms with Crippen LogP contribution in [0.4, 0.5) is 0 Å². The fourth-order valence-corrected chi connectivity index (χ4v) is 2.61. The Morgan fingerprint density at radius 2 is 1.81 bits per heavy atom. The zero-order valence-electron chi connectivity index (χ0n) is 10.2. The predicted molar refractivity (Wildman–Crippen MR) is 65.7 cm³/mol. The van der Waals surface area contributed by atoms with Gasteiger partial charge in [-0.1, -0.05) is 29.8 Å². The van der Waals surface area contributed by atoms with Crippen LogP contribution < -0.4 is 0 Å². The predicted octanol–water partition coefficient (Wildman–Crippen LogP) is 3.45. The van der Waals surface area contributed by atoms with Crippen LogP contribution >= 0.6 is 7.60 Å². The van der Waals surface area contributed by atoms with Crippen molar-refractivity contribution >= 4 is 7.60 Å². The van der Waals surface area contributed by atoms with E-state index in [0.29, 0.717) is 0 Å². The minimum Gasteiger partial charge on any atom is -0.324 e. The van der Waals surface area contributed by atoms with Gasteiger partial charge in [0.1, 0.15) is 0 Å². The fraction of sp³-hybridized carbons (Fsp3) is 0.500. The molecule has 1 atom stereocenters. The summed E-state index contributed by atoms with van der Waals surface area (Å²) in [5.74, 6) is 0. The molecule has 4 heteroatoms. The summed E-state index contributed by atoms with van der Waals surface area (Å²) in [6, 6.07) is 7.61. The van der Waals surface area contributed by atoms with Gasteiger partial charge in [0.25, 0.3) is 0 Å². The van der Waals surface area contributed by atoms with E-state index in [1.54, 1.807) is 20.8 Å². The van der Waals surface area contributed by atoms with E-state index in [2.05, 4.69) is 0 Å². The first kappa shape index (κ1) is 13.4. The molecular weight excluding hydrogens is 223 g/mol. The molecule has 16 heavy (non-hydrogen) atoms. The molecule has 0 saturated carbocycles. The van der Waals surface area contributed by atoms with Gasteiger partial charge in [0, 0.05) is 0 Å². The Morgan fingerprint density at radius 1 is 1.31 bits per heavy atom. The van der Waals surface area contributed by atoms with E-state index in [9.17, 15) is 9.46 Å². The molecule has 1 N–H and O–H groups in total. The Morgan fingerprint density at radius 3 is 2.25 bits per heavy atom. The van der Waals surface area contributed by atoms with Gasteiger partial charge >= 0.3 is 7.60 Å². The molecule has 0 heterocycles. The van der Waals surface area contributed by atoms with Crippen molar-refractivity contribution < 1.29 is 14.0 Å². The summed E-state index contributed by atoms with van der Waals surface area (Å²) in [5, 5.41) is -0.878. The summed E-state index contributed by atoms with van der Waals surface area (Å²) in [7, 11) is -3.63. The second-order valence-corrected chi connectivity index (χ2v) is 6.78. The number of hydrogen-bond acceptors (Lipinski definition) is 2. The van der Waals surface area contributed by atoms with Crippen LogP contribution in [-0.2, 0) is 14.2 Å². The van der Waals surface area contributed by atoms with E-state index in [-0.39, 0.29) is 6.61 Å². The normalized spacial score (nSPS) is 15.8. The average Bonchev–Trinajstić information content (AvgIpc) is 2.18. The lowest BCUT2D eigenvalue weighted by Crippen LogP contribution is -2.19. The van der Waals surface area contributed by atoms with Crippen molar-refractivity contribution in [3.05, 3.63) is 35.4 Å². The summed E-state index contributed by atoms with van der Waals surface area (Å²) in [6.45, 7) is 7.40. The first-order valence-electron chi connectivity index (χ1n) is 5.36. The molecule has 0 aromatic heterocycles. The second-order valence-electron chi connectivity index (χ2n) is 4.36. The smallest absolute Gasteiger partial charge is 0.324 e. The molecule has 0 fully saturated rings. The topological polar surface area (TPSA) is 46.5 Å². The van der Waals surface area contributed by atoms with Crippen LogP contribution in [0.3, 0.4) is 0 Å².